The van der Waals surface area contributed by atoms with Gasteiger partial charge in [0.2, 0.25) is 5.82 Å². The van der Waals surface area contributed by atoms with E-state index >= 15 is 4.39 Å². The van der Waals surface area contributed by atoms with Crippen LogP contribution in [0.4, 0.5) is 10.1 Å². The van der Waals surface area contributed by atoms with Crippen LogP contribution >= 0.6 is 0 Å². The van der Waals surface area contributed by atoms with Gasteiger partial charge in [0.25, 0.3) is 0 Å². The maximum Gasteiger partial charge on any atom is 0.209 e. The standard InChI is InChI=1S/C21H25FN8/c1-13(2)8-14-9-16(22)20(21-25-27-28-26-21)19(10-14)30-7-6-29(17-11-18(17)30)12-15-4-3-5-23-24-15/h3-5,9-10,13,17-18H,6-8,11-12H2,1-2H3,(H,25,26,27,28). The Bertz CT molecular complexity index is 1010. The molecular weight excluding hydrogens is 383 g/mol. The Hall–Kier alpha value is -2.94. The number of aromatic amines is 1. The van der Waals surface area contributed by atoms with E-state index in [0.29, 0.717) is 29.4 Å². The summed E-state index contributed by atoms with van der Waals surface area (Å²) in [5.74, 6) is 0.465. The predicted molar refractivity (Wildman–Crippen MR) is 110 cm³/mol. The summed E-state index contributed by atoms with van der Waals surface area (Å²) in [5.41, 5.74) is 3.29. The molecule has 0 amide bonds. The van der Waals surface area contributed by atoms with Crippen LogP contribution in [0.1, 0.15) is 31.5 Å². The number of halogens is 1. The summed E-state index contributed by atoms with van der Waals surface area (Å²) in [5, 5.41) is 22.4. The summed E-state index contributed by atoms with van der Waals surface area (Å²) in [6, 6.07) is 8.45. The lowest BCUT2D eigenvalue weighted by Gasteiger charge is -2.36. The van der Waals surface area contributed by atoms with E-state index < -0.39 is 0 Å². The number of rotatable bonds is 6. The molecule has 2 aliphatic rings. The Morgan fingerprint density at radius 1 is 1.20 bits per heavy atom. The summed E-state index contributed by atoms with van der Waals surface area (Å²) >= 11 is 0. The van der Waals surface area contributed by atoms with Gasteiger partial charge in [0.1, 0.15) is 5.82 Å². The number of hydrogen-bond acceptors (Lipinski definition) is 7. The second-order valence-electron chi connectivity index (χ2n) is 8.55. The molecule has 1 saturated carbocycles. The average molecular weight is 408 g/mol. The smallest absolute Gasteiger partial charge is 0.209 e. The van der Waals surface area contributed by atoms with Crippen molar-refractivity contribution in [3.8, 4) is 11.4 Å². The summed E-state index contributed by atoms with van der Waals surface area (Å²) < 4.78 is 15.2. The molecule has 2 fully saturated rings. The molecule has 1 aliphatic heterocycles. The van der Waals surface area contributed by atoms with E-state index in [4.69, 9.17) is 0 Å². The molecule has 3 heterocycles. The Morgan fingerprint density at radius 2 is 2.10 bits per heavy atom. The second kappa shape index (κ2) is 7.71. The third-order valence-corrected chi connectivity index (χ3v) is 5.87. The van der Waals surface area contributed by atoms with Crippen LogP contribution in [-0.2, 0) is 13.0 Å². The number of nitrogens with zero attached hydrogens (tertiary/aromatic N) is 7. The molecule has 156 valence electrons. The van der Waals surface area contributed by atoms with E-state index in [-0.39, 0.29) is 5.82 Å². The van der Waals surface area contributed by atoms with Crippen LogP contribution in [0.2, 0.25) is 0 Å². The largest absolute Gasteiger partial charge is 0.365 e. The Kier molecular flexibility index (Phi) is 4.90. The van der Waals surface area contributed by atoms with Gasteiger partial charge in [-0.25, -0.2) is 4.39 Å². The minimum atomic E-state index is -0.288. The maximum atomic E-state index is 15.2. The summed E-state index contributed by atoms with van der Waals surface area (Å²) in [4.78, 5) is 4.78. The number of tetrazole rings is 1. The van der Waals surface area contributed by atoms with Gasteiger partial charge in [-0.05, 0) is 53.8 Å². The molecule has 0 bridgehead atoms. The molecule has 1 N–H and O–H groups in total. The van der Waals surface area contributed by atoms with E-state index in [1.165, 1.54) is 0 Å². The first kappa shape index (κ1) is 19.0. The van der Waals surface area contributed by atoms with Gasteiger partial charge >= 0.3 is 0 Å². The fourth-order valence-electron chi connectivity index (χ4n) is 4.54. The van der Waals surface area contributed by atoms with Crippen LogP contribution < -0.4 is 4.90 Å². The number of fused-ring (bicyclic) bond motifs is 1. The molecule has 1 saturated heterocycles. The van der Waals surface area contributed by atoms with Gasteiger partial charge in [-0.2, -0.15) is 15.4 Å². The number of benzene rings is 1. The number of hydrogen-bond donors (Lipinski definition) is 1. The van der Waals surface area contributed by atoms with Crippen molar-refractivity contribution in [2.75, 3.05) is 18.0 Å². The lowest BCUT2D eigenvalue weighted by Crippen LogP contribution is -2.46. The summed E-state index contributed by atoms with van der Waals surface area (Å²) in [6.45, 7) is 6.79. The highest BCUT2D eigenvalue weighted by atomic mass is 19.1. The van der Waals surface area contributed by atoms with E-state index in [2.05, 4.69) is 60.5 Å². The number of aromatic nitrogens is 6. The van der Waals surface area contributed by atoms with Crippen LogP contribution in [0.15, 0.2) is 30.5 Å². The van der Waals surface area contributed by atoms with Crippen molar-refractivity contribution in [1.29, 1.82) is 0 Å². The lowest BCUT2D eigenvalue weighted by atomic mass is 9.98. The summed E-state index contributed by atoms with van der Waals surface area (Å²) in [6.07, 6.45) is 3.58. The van der Waals surface area contributed by atoms with Crippen molar-refractivity contribution in [2.45, 2.75) is 45.3 Å². The first-order chi connectivity index (χ1) is 14.6. The number of nitrogens with one attached hydrogen (secondary N) is 1. The highest BCUT2D eigenvalue weighted by Gasteiger charge is 2.49. The van der Waals surface area contributed by atoms with Crippen LogP contribution in [0, 0.1) is 11.7 Å². The van der Waals surface area contributed by atoms with Crippen LogP contribution in [0.5, 0.6) is 0 Å². The van der Waals surface area contributed by atoms with Gasteiger partial charge in [-0.1, -0.05) is 13.8 Å². The van der Waals surface area contributed by atoms with Gasteiger partial charge < -0.3 is 4.90 Å². The van der Waals surface area contributed by atoms with Gasteiger partial charge in [0, 0.05) is 37.9 Å². The van der Waals surface area contributed by atoms with Crippen molar-refractivity contribution < 1.29 is 4.39 Å². The van der Waals surface area contributed by atoms with Crippen LogP contribution in [0.3, 0.4) is 0 Å². The van der Waals surface area contributed by atoms with Crippen LogP contribution in [0.25, 0.3) is 11.4 Å². The normalized spacial score (nSPS) is 21.1. The van der Waals surface area contributed by atoms with Crippen molar-refractivity contribution in [2.24, 2.45) is 5.92 Å². The molecular formula is C21H25FN8. The Morgan fingerprint density at radius 3 is 2.83 bits per heavy atom. The minimum absolute atomic E-state index is 0.288. The lowest BCUT2D eigenvalue weighted by molar-refractivity contribution is 0.231. The molecule has 5 rings (SSSR count). The molecule has 2 unspecified atom stereocenters. The van der Waals surface area contributed by atoms with E-state index in [1.807, 2.05) is 12.1 Å². The second-order valence-corrected chi connectivity index (χ2v) is 8.55. The number of anilines is 1. The van der Waals surface area contributed by atoms with E-state index in [0.717, 1.165) is 49.4 Å². The topological polar surface area (TPSA) is 86.7 Å². The van der Waals surface area contributed by atoms with Gasteiger partial charge in [-0.15, -0.1) is 10.2 Å². The summed E-state index contributed by atoms with van der Waals surface area (Å²) in [7, 11) is 0. The number of piperazine rings is 1. The third kappa shape index (κ3) is 3.65. The van der Waals surface area contributed by atoms with Gasteiger partial charge in [-0.3, -0.25) is 4.90 Å². The van der Waals surface area contributed by atoms with E-state index in [9.17, 15) is 0 Å². The molecule has 1 aromatic carbocycles. The Labute approximate surface area is 174 Å². The zero-order valence-corrected chi connectivity index (χ0v) is 17.2. The molecule has 30 heavy (non-hydrogen) atoms. The fourth-order valence-corrected chi connectivity index (χ4v) is 4.54. The third-order valence-electron chi connectivity index (χ3n) is 5.87. The minimum Gasteiger partial charge on any atom is -0.365 e. The van der Waals surface area contributed by atoms with Crippen molar-refractivity contribution in [1.82, 2.24) is 35.7 Å². The van der Waals surface area contributed by atoms with Gasteiger partial charge in [0.15, 0.2) is 0 Å². The monoisotopic (exact) mass is 408 g/mol. The molecule has 8 nitrogen and oxygen atoms in total. The average Bonchev–Trinajstić information content (AvgIpc) is 3.35. The molecule has 2 atom stereocenters. The predicted octanol–water partition coefficient (Wildman–Crippen LogP) is 2.46. The zero-order valence-electron chi connectivity index (χ0n) is 17.2. The first-order valence-corrected chi connectivity index (χ1v) is 10.4. The molecule has 3 aromatic rings. The molecule has 2 aromatic heterocycles. The molecule has 9 heteroatoms. The molecule has 1 aliphatic carbocycles. The van der Waals surface area contributed by atoms with Crippen LogP contribution in [-0.4, -0.2) is 60.9 Å². The van der Waals surface area contributed by atoms with Crippen molar-refractivity contribution in [3.63, 3.8) is 0 Å². The van der Waals surface area contributed by atoms with Crippen molar-refractivity contribution in [3.05, 3.63) is 47.5 Å². The highest BCUT2D eigenvalue weighted by molar-refractivity contribution is 5.76. The number of H-pyrrole nitrogens is 1. The highest BCUT2D eigenvalue weighted by Crippen LogP contribution is 2.43. The van der Waals surface area contributed by atoms with E-state index in [1.54, 1.807) is 12.3 Å². The van der Waals surface area contributed by atoms with Crippen molar-refractivity contribution >= 4 is 5.69 Å². The quantitative estimate of drug-likeness (QED) is 0.670. The zero-order chi connectivity index (χ0) is 20.7. The maximum absolute atomic E-state index is 15.2. The van der Waals surface area contributed by atoms with Gasteiger partial charge in [0.05, 0.1) is 16.9 Å². The fraction of sp³-hybridized carbons (Fsp3) is 0.476. The Balaban J connectivity index is 1.43. The molecule has 0 spiro atoms. The first-order valence-electron chi connectivity index (χ1n) is 10.4. The molecule has 0 radical (unpaired) electrons. The SMILES string of the molecule is CC(C)Cc1cc(F)c(-c2nn[nH]n2)c(N2CCN(Cc3cccnn3)C3CC32)c1.